The van der Waals surface area contributed by atoms with E-state index in [9.17, 15) is 4.79 Å². The van der Waals surface area contributed by atoms with Crippen LogP contribution in [-0.4, -0.2) is 25.7 Å². The Morgan fingerprint density at radius 3 is 2.95 bits per heavy atom. The van der Waals surface area contributed by atoms with Gasteiger partial charge in [0.15, 0.2) is 10.3 Å². The maximum absolute atomic E-state index is 12.2. The third-order valence-corrected chi connectivity index (χ3v) is 4.85. The Morgan fingerprint density at radius 2 is 2.42 bits per heavy atom. The molecule has 102 valence electrons. The summed E-state index contributed by atoms with van der Waals surface area (Å²) >= 11 is 2.92. The van der Waals surface area contributed by atoms with Crippen molar-refractivity contribution in [2.45, 2.75) is 30.7 Å². The molecule has 7 heteroatoms. The zero-order valence-corrected chi connectivity index (χ0v) is 12.7. The lowest BCUT2D eigenvalue weighted by atomic mass is 10.3. The first kappa shape index (κ1) is 14.1. The second-order valence-corrected chi connectivity index (χ2v) is 6.15. The standard InChI is InChI=1S/C12H16N4OS2/c1-4-9(19-12-13-5-6-16(12)3)10(17)15-11-14-8(2)7-18-11/h5-7,9H,4H2,1-3H3,(H,14,15,17). The fourth-order valence-electron chi connectivity index (χ4n) is 1.51. The van der Waals surface area contributed by atoms with Crippen LogP contribution in [0.2, 0.25) is 0 Å². The smallest absolute Gasteiger partial charge is 0.239 e. The van der Waals surface area contributed by atoms with Gasteiger partial charge < -0.3 is 9.88 Å². The van der Waals surface area contributed by atoms with Gasteiger partial charge in [-0.3, -0.25) is 4.79 Å². The number of thioether (sulfide) groups is 1. The lowest BCUT2D eigenvalue weighted by Gasteiger charge is -2.12. The number of carbonyl (C=O) groups is 1. The molecule has 0 aromatic carbocycles. The zero-order chi connectivity index (χ0) is 13.8. The molecule has 0 fully saturated rings. The van der Waals surface area contributed by atoms with Crippen LogP contribution in [0.5, 0.6) is 0 Å². The minimum absolute atomic E-state index is 0.0233. The summed E-state index contributed by atoms with van der Waals surface area (Å²) in [7, 11) is 1.92. The maximum Gasteiger partial charge on any atom is 0.239 e. The Bertz CT molecular complexity index is 564. The number of aromatic nitrogens is 3. The first-order valence-electron chi connectivity index (χ1n) is 5.97. The summed E-state index contributed by atoms with van der Waals surface area (Å²) in [6.07, 6.45) is 4.35. The van der Waals surface area contributed by atoms with E-state index >= 15 is 0 Å². The highest BCUT2D eigenvalue weighted by Crippen LogP contribution is 2.25. The number of aryl methyl sites for hydroxylation is 2. The van der Waals surface area contributed by atoms with Gasteiger partial charge in [0.25, 0.3) is 0 Å². The normalized spacial score (nSPS) is 12.4. The van der Waals surface area contributed by atoms with Gasteiger partial charge >= 0.3 is 0 Å². The molecule has 5 nitrogen and oxygen atoms in total. The number of hydrogen-bond donors (Lipinski definition) is 1. The second kappa shape index (κ2) is 6.21. The summed E-state index contributed by atoms with van der Waals surface area (Å²) in [4.78, 5) is 20.7. The van der Waals surface area contributed by atoms with Crippen molar-refractivity contribution in [2.75, 3.05) is 5.32 Å². The van der Waals surface area contributed by atoms with Crippen LogP contribution in [0, 0.1) is 6.92 Å². The Balaban J connectivity index is 2.01. The van der Waals surface area contributed by atoms with Crippen LogP contribution in [0.15, 0.2) is 22.9 Å². The summed E-state index contributed by atoms with van der Waals surface area (Å²) in [5.41, 5.74) is 0.921. The molecule has 19 heavy (non-hydrogen) atoms. The molecular formula is C12H16N4OS2. The molecule has 1 atom stereocenters. The van der Waals surface area contributed by atoms with E-state index in [4.69, 9.17) is 0 Å². The lowest BCUT2D eigenvalue weighted by molar-refractivity contribution is -0.115. The summed E-state index contributed by atoms with van der Waals surface area (Å²) in [5.74, 6) is -0.0233. The van der Waals surface area contributed by atoms with Gasteiger partial charge in [0, 0.05) is 24.8 Å². The molecule has 0 saturated carbocycles. The number of nitrogens with one attached hydrogen (secondary N) is 1. The molecule has 2 rings (SSSR count). The molecule has 0 aliphatic heterocycles. The van der Waals surface area contributed by atoms with Crippen LogP contribution in [0.1, 0.15) is 19.0 Å². The van der Waals surface area contributed by atoms with Gasteiger partial charge in [0.2, 0.25) is 5.91 Å². The molecule has 1 unspecified atom stereocenters. The maximum atomic E-state index is 12.2. The molecule has 0 aliphatic rings. The molecular weight excluding hydrogens is 280 g/mol. The highest BCUT2D eigenvalue weighted by Gasteiger charge is 2.20. The predicted molar refractivity (Wildman–Crippen MR) is 78.6 cm³/mol. The van der Waals surface area contributed by atoms with Crippen molar-refractivity contribution in [3.8, 4) is 0 Å². The van der Waals surface area contributed by atoms with Gasteiger partial charge in [-0.05, 0) is 13.3 Å². The summed E-state index contributed by atoms with van der Waals surface area (Å²) < 4.78 is 1.91. The molecule has 0 spiro atoms. The van der Waals surface area contributed by atoms with E-state index in [1.807, 2.05) is 37.0 Å². The molecule has 0 radical (unpaired) electrons. The van der Waals surface area contributed by atoms with E-state index in [1.165, 1.54) is 23.1 Å². The fourth-order valence-corrected chi connectivity index (χ4v) is 3.14. The van der Waals surface area contributed by atoms with Crippen molar-refractivity contribution < 1.29 is 4.79 Å². The van der Waals surface area contributed by atoms with Crippen LogP contribution in [0.4, 0.5) is 5.13 Å². The van der Waals surface area contributed by atoms with Crippen molar-refractivity contribution in [3.05, 3.63) is 23.5 Å². The van der Waals surface area contributed by atoms with Crippen molar-refractivity contribution in [2.24, 2.45) is 7.05 Å². The highest BCUT2D eigenvalue weighted by molar-refractivity contribution is 8.00. The number of thiazole rings is 1. The van der Waals surface area contributed by atoms with Crippen LogP contribution < -0.4 is 5.32 Å². The van der Waals surface area contributed by atoms with Crippen molar-refractivity contribution in [1.82, 2.24) is 14.5 Å². The van der Waals surface area contributed by atoms with E-state index in [-0.39, 0.29) is 11.2 Å². The summed E-state index contributed by atoms with van der Waals surface area (Å²) in [6.45, 7) is 3.90. The van der Waals surface area contributed by atoms with Crippen LogP contribution in [0.25, 0.3) is 0 Å². The average Bonchev–Trinajstić information content (AvgIpc) is 2.95. The molecule has 0 aliphatic carbocycles. The third-order valence-electron chi connectivity index (χ3n) is 2.54. The average molecular weight is 296 g/mol. The quantitative estimate of drug-likeness (QED) is 0.862. The second-order valence-electron chi connectivity index (χ2n) is 4.12. The lowest BCUT2D eigenvalue weighted by Crippen LogP contribution is -2.24. The summed E-state index contributed by atoms with van der Waals surface area (Å²) in [6, 6.07) is 0. The third kappa shape index (κ3) is 3.57. The van der Waals surface area contributed by atoms with Gasteiger partial charge in [0.1, 0.15) is 0 Å². The predicted octanol–water partition coefficient (Wildman–Crippen LogP) is 2.69. The number of amides is 1. The largest absolute Gasteiger partial charge is 0.329 e. The number of imidazole rings is 1. The Labute approximate surface area is 120 Å². The van der Waals surface area contributed by atoms with E-state index in [2.05, 4.69) is 15.3 Å². The van der Waals surface area contributed by atoms with E-state index in [0.717, 1.165) is 17.3 Å². The van der Waals surface area contributed by atoms with Crippen LogP contribution in [0.3, 0.4) is 0 Å². The SMILES string of the molecule is CCC(Sc1nccn1C)C(=O)Nc1nc(C)cs1. The number of nitrogens with zero attached hydrogens (tertiary/aromatic N) is 3. The Hall–Kier alpha value is -1.34. The number of anilines is 1. The van der Waals surface area contributed by atoms with E-state index < -0.39 is 0 Å². The fraction of sp³-hybridized carbons (Fsp3) is 0.417. The van der Waals surface area contributed by atoms with Gasteiger partial charge in [-0.2, -0.15) is 0 Å². The first-order valence-corrected chi connectivity index (χ1v) is 7.73. The monoisotopic (exact) mass is 296 g/mol. The molecule has 2 heterocycles. The van der Waals surface area contributed by atoms with Gasteiger partial charge in [0.05, 0.1) is 10.9 Å². The van der Waals surface area contributed by atoms with Crippen LogP contribution in [-0.2, 0) is 11.8 Å². The van der Waals surface area contributed by atoms with Crippen molar-refractivity contribution in [1.29, 1.82) is 0 Å². The van der Waals surface area contributed by atoms with Gasteiger partial charge in [-0.15, -0.1) is 11.3 Å². The molecule has 2 aromatic heterocycles. The number of hydrogen-bond acceptors (Lipinski definition) is 5. The van der Waals surface area contributed by atoms with Crippen molar-refractivity contribution in [3.63, 3.8) is 0 Å². The molecule has 1 amide bonds. The minimum atomic E-state index is -0.162. The number of rotatable bonds is 5. The van der Waals surface area contributed by atoms with Crippen molar-refractivity contribution >= 4 is 34.1 Å². The summed E-state index contributed by atoms with van der Waals surface area (Å²) in [5, 5.41) is 6.11. The van der Waals surface area contributed by atoms with Crippen LogP contribution >= 0.6 is 23.1 Å². The van der Waals surface area contributed by atoms with Gasteiger partial charge in [-0.25, -0.2) is 9.97 Å². The van der Waals surface area contributed by atoms with Gasteiger partial charge in [-0.1, -0.05) is 18.7 Å². The topological polar surface area (TPSA) is 59.8 Å². The molecule has 1 N–H and O–H groups in total. The Morgan fingerprint density at radius 1 is 1.63 bits per heavy atom. The Kier molecular flexibility index (Phi) is 4.60. The van der Waals surface area contributed by atoms with E-state index in [0.29, 0.717) is 5.13 Å². The number of carbonyl (C=O) groups excluding carboxylic acids is 1. The minimum Gasteiger partial charge on any atom is -0.329 e. The van der Waals surface area contributed by atoms with E-state index in [1.54, 1.807) is 6.20 Å². The molecule has 0 saturated heterocycles. The molecule has 0 bridgehead atoms. The highest BCUT2D eigenvalue weighted by atomic mass is 32.2. The zero-order valence-electron chi connectivity index (χ0n) is 11.1. The first-order chi connectivity index (χ1) is 9.10. The molecule has 2 aromatic rings.